The number of piperazine rings is 1. The molecule has 1 heterocycles. The van der Waals surface area contributed by atoms with Crippen molar-refractivity contribution < 1.29 is 0 Å². The van der Waals surface area contributed by atoms with Gasteiger partial charge in [-0.25, -0.2) is 0 Å². The minimum absolute atomic E-state index is 0.380. The van der Waals surface area contributed by atoms with Gasteiger partial charge in [0.15, 0.2) is 0 Å². The number of rotatable bonds is 3. The molecule has 0 atom stereocenters. The number of halogens is 1. The van der Waals surface area contributed by atoms with Crippen LogP contribution in [0.25, 0.3) is 0 Å². The van der Waals surface area contributed by atoms with E-state index in [2.05, 4.69) is 15.9 Å². The first-order valence-corrected chi connectivity index (χ1v) is 7.53. The van der Waals surface area contributed by atoms with Gasteiger partial charge in [0.05, 0.1) is 10.6 Å². The second-order valence-electron chi connectivity index (χ2n) is 5.25. The van der Waals surface area contributed by atoms with Gasteiger partial charge in [0.25, 0.3) is 0 Å². The molecule has 1 aliphatic carbocycles. The van der Waals surface area contributed by atoms with Crippen LogP contribution in [-0.4, -0.2) is 42.1 Å². The molecule has 5 heteroatoms. The third kappa shape index (κ3) is 2.71. The molecule has 0 spiro atoms. The molecule has 0 aromatic heterocycles. The third-order valence-electron chi connectivity index (χ3n) is 3.96. The Bertz CT molecular complexity index is 493. The predicted molar refractivity (Wildman–Crippen MR) is 84.1 cm³/mol. The van der Waals surface area contributed by atoms with Crippen molar-refractivity contribution in [2.45, 2.75) is 18.9 Å². The minimum Gasteiger partial charge on any atom is -0.389 e. The monoisotopic (exact) mass is 295 g/mol. The number of thiocarbonyl (C=S) groups is 1. The fourth-order valence-electron chi connectivity index (χ4n) is 2.79. The van der Waals surface area contributed by atoms with Crippen molar-refractivity contribution in [2.75, 3.05) is 31.1 Å². The van der Waals surface area contributed by atoms with Gasteiger partial charge in [-0.05, 0) is 25.0 Å². The van der Waals surface area contributed by atoms with Crippen molar-refractivity contribution in [3.8, 4) is 0 Å². The summed E-state index contributed by atoms with van der Waals surface area (Å²) < 4.78 is 0. The molecule has 1 saturated heterocycles. The molecule has 1 aromatic carbocycles. The van der Waals surface area contributed by atoms with Gasteiger partial charge in [-0.3, -0.25) is 4.90 Å². The van der Waals surface area contributed by atoms with Crippen LogP contribution in [0.2, 0.25) is 5.02 Å². The molecule has 19 heavy (non-hydrogen) atoms. The smallest absolute Gasteiger partial charge is 0.107 e. The fourth-order valence-corrected chi connectivity index (χ4v) is 3.33. The lowest BCUT2D eigenvalue weighted by molar-refractivity contribution is 0.248. The molecule has 0 amide bonds. The lowest BCUT2D eigenvalue weighted by Gasteiger charge is -2.37. The lowest BCUT2D eigenvalue weighted by atomic mass is 10.1. The van der Waals surface area contributed by atoms with Crippen LogP contribution in [0.1, 0.15) is 18.4 Å². The first kappa shape index (κ1) is 13.2. The summed E-state index contributed by atoms with van der Waals surface area (Å²) in [5, 5.41) is 0.648. The van der Waals surface area contributed by atoms with Crippen LogP contribution >= 0.6 is 23.8 Å². The molecular weight excluding hydrogens is 278 g/mol. The van der Waals surface area contributed by atoms with Gasteiger partial charge in [0.1, 0.15) is 4.99 Å². The molecule has 0 unspecified atom stereocenters. The predicted octanol–water partition coefficient (Wildman–Crippen LogP) is 2.26. The molecule has 0 radical (unpaired) electrons. The Balaban J connectivity index is 1.79. The largest absolute Gasteiger partial charge is 0.389 e. The molecule has 2 N–H and O–H groups in total. The van der Waals surface area contributed by atoms with Crippen LogP contribution in [0, 0.1) is 0 Å². The number of hydrogen-bond acceptors (Lipinski definition) is 3. The number of nitrogens with zero attached hydrogens (tertiary/aromatic N) is 2. The van der Waals surface area contributed by atoms with Crippen molar-refractivity contribution in [1.82, 2.24) is 4.90 Å². The molecule has 3 nitrogen and oxygen atoms in total. The van der Waals surface area contributed by atoms with Gasteiger partial charge in [0.2, 0.25) is 0 Å². The number of hydrogen-bond donors (Lipinski definition) is 1. The summed E-state index contributed by atoms with van der Waals surface area (Å²) in [6.45, 7) is 4.28. The van der Waals surface area contributed by atoms with Crippen LogP contribution < -0.4 is 10.6 Å². The molecule has 0 bridgehead atoms. The van der Waals surface area contributed by atoms with Gasteiger partial charge in [-0.1, -0.05) is 29.9 Å². The average molecular weight is 296 g/mol. The molecule has 3 rings (SSSR count). The Hall–Kier alpha value is -0.840. The van der Waals surface area contributed by atoms with Gasteiger partial charge in [0, 0.05) is 37.9 Å². The van der Waals surface area contributed by atoms with E-state index in [1.54, 1.807) is 0 Å². The van der Waals surface area contributed by atoms with Gasteiger partial charge >= 0.3 is 0 Å². The number of benzene rings is 1. The molecular formula is C14H18ClN3S. The normalized spacial score (nSPS) is 20.6. The Kier molecular flexibility index (Phi) is 3.65. The summed E-state index contributed by atoms with van der Waals surface area (Å²) in [6, 6.07) is 6.72. The zero-order valence-corrected chi connectivity index (χ0v) is 12.4. The summed E-state index contributed by atoms with van der Waals surface area (Å²) in [7, 11) is 0. The van der Waals surface area contributed by atoms with Crippen molar-refractivity contribution in [2.24, 2.45) is 5.73 Å². The second kappa shape index (κ2) is 5.27. The molecule has 1 saturated carbocycles. The van der Waals surface area contributed by atoms with Crippen molar-refractivity contribution in [1.29, 1.82) is 0 Å². The minimum atomic E-state index is 0.380. The highest BCUT2D eigenvalue weighted by Gasteiger charge is 2.31. The van der Waals surface area contributed by atoms with Crippen LogP contribution in [0.3, 0.4) is 0 Å². The standard InChI is InChI=1S/C14H18ClN3S/c15-11-2-1-3-12(13(11)14(16)19)18-8-6-17(7-9-18)10-4-5-10/h1-3,10H,4-9H2,(H2,16,19). The molecule has 102 valence electrons. The van der Waals surface area contributed by atoms with Crippen LogP contribution in [-0.2, 0) is 0 Å². The van der Waals surface area contributed by atoms with E-state index in [4.69, 9.17) is 29.6 Å². The Labute approximate surface area is 124 Å². The van der Waals surface area contributed by atoms with E-state index in [9.17, 15) is 0 Å². The van der Waals surface area contributed by atoms with E-state index in [1.807, 2.05) is 12.1 Å². The van der Waals surface area contributed by atoms with Crippen molar-refractivity contribution in [3.63, 3.8) is 0 Å². The highest BCUT2D eigenvalue weighted by atomic mass is 35.5. The zero-order chi connectivity index (χ0) is 13.4. The van der Waals surface area contributed by atoms with Crippen LogP contribution in [0.4, 0.5) is 5.69 Å². The number of anilines is 1. The Morgan fingerprint density at radius 2 is 1.89 bits per heavy atom. The van der Waals surface area contributed by atoms with E-state index in [0.717, 1.165) is 43.5 Å². The van der Waals surface area contributed by atoms with E-state index in [0.29, 0.717) is 10.0 Å². The van der Waals surface area contributed by atoms with E-state index >= 15 is 0 Å². The summed E-state index contributed by atoms with van der Waals surface area (Å²) in [6.07, 6.45) is 2.74. The van der Waals surface area contributed by atoms with E-state index < -0.39 is 0 Å². The molecule has 1 aromatic rings. The summed E-state index contributed by atoms with van der Waals surface area (Å²) >= 11 is 11.4. The highest BCUT2D eigenvalue weighted by Crippen LogP contribution is 2.31. The van der Waals surface area contributed by atoms with E-state index in [-0.39, 0.29) is 0 Å². The number of nitrogens with two attached hydrogens (primary N) is 1. The molecule has 2 fully saturated rings. The maximum atomic E-state index is 6.23. The van der Waals surface area contributed by atoms with E-state index in [1.165, 1.54) is 12.8 Å². The fraction of sp³-hybridized carbons (Fsp3) is 0.500. The average Bonchev–Trinajstić information content (AvgIpc) is 3.22. The van der Waals surface area contributed by atoms with Crippen LogP contribution in [0.15, 0.2) is 18.2 Å². The van der Waals surface area contributed by atoms with Gasteiger partial charge in [-0.2, -0.15) is 0 Å². The summed E-state index contributed by atoms with van der Waals surface area (Å²) in [4.78, 5) is 5.31. The van der Waals surface area contributed by atoms with Gasteiger partial charge < -0.3 is 10.6 Å². The Morgan fingerprint density at radius 1 is 1.21 bits per heavy atom. The maximum Gasteiger partial charge on any atom is 0.107 e. The SMILES string of the molecule is NC(=S)c1c(Cl)cccc1N1CCN(C2CC2)CC1. The third-order valence-corrected chi connectivity index (χ3v) is 4.48. The highest BCUT2D eigenvalue weighted by molar-refractivity contribution is 7.80. The summed E-state index contributed by atoms with van der Waals surface area (Å²) in [5.41, 5.74) is 7.72. The first-order chi connectivity index (χ1) is 9.16. The second-order valence-corrected chi connectivity index (χ2v) is 6.10. The van der Waals surface area contributed by atoms with Crippen LogP contribution in [0.5, 0.6) is 0 Å². The maximum absolute atomic E-state index is 6.23. The molecule has 2 aliphatic rings. The molecule has 1 aliphatic heterocycles. The quantitative estimate of drug-likeness (QED) is 0.867. The summed E-state index contributed by atoms with van der Waals surface area (Å²) in [5.74, 6) is 0. The van der Waals surface area contributed by atoms with Crippen molar-refractivity contribution in [3.05, 3.63) is 28.8 Å². The lowest BCUT2D eigenvalue weighted by Crippen LogP contribution is -2.47. The van der Waals surface area contributed by atoms with Gasteiger partial charge in [-0.15, -0.1) is 0 Å². The first-order valence-electron chi connectivity index (χ1n) is 6.74. The van der Waals surface area contributed by atoms with Crippen molar-refractivity contribution >= 4 is 34.5 Å². The zero-order valence-electron chi connectivity index (χ0n) is 10.8. The Morgan fingerprint density at radius 3 is 2.47 bits per heavy atom. The topological polar surface area (TPSA) is 32.5 Å².